The Hall–Kier alpha value is -1.05. The van der Waals surface area contributed by atoms with Crippen LogP contribution in [0, 0.1) is 0 Å². The summed E-state index contributed by atoms with van der Waals surface area (Å²) < 4.78 is 0. The first kappa shape index (κ1) is 14.5. The predicted octanol–water partition coefficient (Wildman–Crippen LogP) is 2.80. The second kappa shape index (κ2) is 11.0. The monoisotopic (exact) mass is 183 g/mol. The van der Waals surface area contributed by atoms with Crippen molar-refractivity contribution in [3.63, 3.8) is 0 Å². The second-order valence-electron chi connectivity index (χ2n) is 2.42. The Morgan fingerprint density at radius 1 is 1.54 bits per heavy atom. The molecule has 2 heteroatoms. The van der Waals surface area contributed by atoms with Crippen LogP contribution in [0.3, 0.4) is 0 Å². The van der Waals surface area contributed by atoms with Gasteiger partial charge >= 0.3 is 0 Å². The topological polar surface area (TPSA) is 43.1 Å². The van der Waals surface area contributed by atoms with Crippen LogP contribution in [0.25, 0.3) is 0 Å². The number of rotatable bonds is 1. The standard InChI is InChI=1S/C7H10.C2H5NO.C2H6/c1-2-7-5-3-4-6-7;1-2(3)4;1-2/h3-5H,2,6H2,1H3;1H3,(H2,3,4);1-2H3. The second-order valence-corrected chi connectivity index (χ2v) is 2.42. The minimum Gasteiger partial charge on any atom is -0.370 e. The molecule has 0 saturated carbocycles. The van der Waals surface area contributed by atoms with Crippen molar-refractivity contribution in [2.45, 2.75) is 40.5 Å². The maximum atomic E-state index is 9.22. The van der Waals surface area contributed by atoms with Gasteiger partial charge in [-0.3, -0.25) is 4.79 Å². The van der Waals surface area contributed by atoms with Gasteiger partial charge in [-0.15, -0.1) is 0 Å². The molecule has 0 saturated heterocycles. The molecule has 1 amide bonds. The minimum atomic E-state index is -0.333. The van der Waals surface area contributed by atoms with Crippen molar-refractivity contribution in [2.75, 3.05) is 0 Å². The maximum absolute atomic E-state index is 9.22. The van der Waals surface area contributed by atoms with E-state index >= 15 is 0 Å². The number of nitrogens with two attached hydrogens (primary N) is 1. The molecule has 0 aromatic heterocycles. The van der Waals surface area contributed by atoms with E-state index in [4.69, 9.17) is 0 Å². The summed E-state index contributed by atoms with van der Waals surface area (Å²) in [5, 5.41) is 0. The Bertz CT molecular complexity index is 177. The average Bonchev–Trinajstić information content (AvgIpc) is 2.58. The van der Waals surface area contributed by atoms with Gasteiger partial charge in [0, 0.05) is 6.92 Å². The quantitative estimate of drug-likeness (QED) is 0.667. The number of hydrogen-bond acceptors (Lipinski definition) is 1. The first-order chi connectivity index (χ1) is 6.16. The molecule has 0 fully saturated rings. The summed E-state index contributed by atoms with van der Waals surface area (Å²) >= 11 is 0. The predicted molar refractivity (Wildman–Crippen MR) is 58.3 cm³/mol. The molecule has 13 heavy (non-hydrogen) atoms. The third-order valence-electron chi connectivity index (χ3n) is 1.30. The zero-order valence-electron chi connectivity index (χ0n) is 9.13. The molecule has 1 aliphatic rings. The van der Waals surface area contributed by atoms with E-state index in [9.17, 15) is 4.79 Å². The van der Waals surface area contributed by atoms with Crippen LogP contribution in [0.1, 0.15) is 40.5 Å². The molecule has 2 N–H and O–H groups in total. The van der Waals surface area contributed by atoms with Crippen LogP contribution in [0.5, 0.6) is 0 Å². The van der Waals surface area contributed by atoms with Gasteiger partial charge in [0.25, 0.3) is 0 Å². The van der Waals surface area contributed by atoms with Crippen LogP contribution in [0.15, 0.2) is 23.8 Å². The van der Waals surface area contributed by atoms with Crippen molar-refractivity contribution < 1.29 is 4.79 Å². The molecule has 76 valence electrons. The SMILES string of the molecule is CC.CC(N)=O.CCC1=CC=CC1. The van der Waals surface area contributed by atoms with Gasteiger partial charge < -0.3 is 5.73 Å². The fraction of sp³-hybridized carbons (Fsp3) is 0.545. The molecular weight excluding hydrogens is 162 g/mol. The number of allylic oxidation sites excluding steroid dienone is 4. The van der Waals surface area contributed by atoms with Gasteiger partial charge in [0.2, 0.25) is 5.91 Å². The van der Waals surface area contributed by atoms with Crippen LogP contribution in [-0.2, 0) is 4.79 Å². The van der Waals surface area contributed by atoms with E-state index < -0.39 is 0 Å². The number of carbonyl (C=O) groups excluding carboxylic acids is 1. The molecular formula is C11H21NO. The minimum absolute atomic E-state index is 0.333. The third kappa shape index (κ3) is 13.9. The van der Waals surface area contributed by atoms with Gasteiger partial charge in [-0.25, -0.2) is 0 Å². The largest absolute Gasteiger partial charge is 0.370 e. The van der Waals surface area contributed by atoms with Crippen molar-refractivity contribution >= 4 is 5.91 Å². The first-order valence-electron chi connectivity index (χ1n) is 4.77. The van der Waals surface area contributed by atoms with E-state index in [1.54, 1.807) is 5.57 Å². The summed E-state index contributed by atoms with van der Waals surface area (Å²) in [7, 11) is 0. The molecule has 0 heterocycles. The van der Waals surface area contributed by atoms with Crippen molar-refractivity contribution in [1.82, 2.24) is 0 Å². The van der Waals surface area contributed by atoms with Crippen LogP contribution in [-0.4, -0.2) is 5.91 Å². The molecule has 0 aromatic carbocycles. The highest BCUT2D eigenvalue weighted by atomic mass is 16.1. The number of carbonyl (C=O) groups is 1. The summed E-state index contributed by atoms with van der Waals surface area (Å²) in [6.45, 7) is 7.50. The van der Waals surface area contributed by atoms with E-state index in [2.05, 4.69) is 30.9 Å². The molecule has 1 rings (SSSR count). The van der Waals surface area contributed by atoms with E-state index in [1.807, 2.05) is 13.8 Å². The third-order valence-corrected chi connectivity index (χ3v) is 1.30. The van der Waals surface area contributed by atoms with Gasteiger partial charge in [-0.1, -0.05) is 44.6 Å². The van der Waals surface area contributed by atoms with E-state index in [0.29, 0.717) is 0 Å². The lowest BCUT2D eigenvalue weighted by Crippen LogP contribution is -2.01. The van der Waals surface area contributed by atoms with Gasteiger partial charge in [0.1, 0.15) is 0 Å². The molecule has 0 aromatic rings. The van der Waals surface area contributed by atoms with Gasteiger partial charge in [0.15, 0.2) is 0 Å². The molecule has 0 radical (unpaired) electrons. The summed E-state index contributed by atoms with van der Waals surface area (Å²) in [6, 6.07) is 0. The number of amides is 1. The molecule has 0 unspecified atom stereocenters. The summed E-state index contributed by atoms with van der Waals surface area (Å²) in [6.07, 6.45) is 8.92. The molecule has 0 atom stereocenters. The van der Waals surface area contributed by atoms with Crippen molar-refractivity contribution in [3.8, 4) is 0 Å². The van der Waals surface area contributed by atoms with Gasteiger partial charge in [0.05, 0.1) is 0 Å². The number of hydrogen-bond donors (Lipinski definition) is 1. The first-order valence-corrected chi connectivity index (χ1v) is 4.77. The smallest absolute Gasteiger partial charge is 0.214 e. The van der Waals surface area contributed by atoms with E-state index in [0.717, 1.165) is 0 Å². The normalized spacial score (nSPS) is 11.8. The van der Waals surface area contributed by atoms with Gasteiger partial charge in [-0.05, 0) is 12.8 Å². The zero-order chi connectivity index (χ0) is 10.7. The highest BCUT2D eigenvalue weighted by Crippen LogP contribution is 2.12. The van der Waals surface area contributed by atoms with Crippen molar-refractivity contribution in [1.29, 1.82) is 0 Å². The Morgan fingerprint density at radius 3 is 2.15 bits per heavy atom. The lowest BCUT2D eigenvalue weighted by Gasteiger charge is -1.88. The van der Waals surface area contributed by atoms with Crippen LogP contribution in [0.4, 0.5) is 0 Å². The highest BCUT2D eigenvalue weighted by Gasteiger charge is 1.91. The van der Waals surface area contributed by atoms with Crippen LogP contribution in [0.2, 0.25) is 0 Å². The van der Waals surface area contributed by atoms with Crippen LogP contribution < -0.4 is 5.73 Å². The van der Waals surface area contributed by atoms with Crippen LogP contribution >= 0.6 is 0 Å². The van der Waals surface area contributed by atoms with Crippen molar-refractivity contribution in [2.24, 2.45) is 5.73 Å². The lowest BCUT2D eigenvalue weighted by molar-refractivity contribution is -0.115. The van der Waals surface area contributed by atoms with E-state index in [1.165, 1.54) is 19.8 Å². The Kier molecular flexibility index (Phi) is 12.2. The Balaban J connectivity index is 0. The molecule has 0 aliphatic heterocycles. The van der Waals surface area contributed by atoms with Gasteiger partial charge in [-0.2, -0.15) is 0 Å². The van der Waals surface area contributed by atoms with Crippen molar-refractivity contribution in [3.05, 3.63) is 23.8 Å². The van der Waals surface area contributed by atoms with E-state index in [-0.39, 0.29) is 5.91 Å². The lowest BCUT2D eigenvalue weighted by atomic mass is 10.2. The molecule has 1 aliphatic carbocycles. The summed E-state index contributed by atoms with van der Waals surface area (Å²) in [4.78, 5) is 9.22. The highest BCUT2D eigenvalue weighted by molar-refractivity contribution is 5.70. The fourth-order valence-corrected chi connectivity index (χ4v) is 0.754. The summed E-state index contributed by atoms with van der Waals surface area (Å²) in [5.41, 5.74) is 6.03. The Morgan fingerprint density at radius 2 is 2.00 bits per heavy atom. The average molecular weight is 183 g/mol. The Labute approximate surface area is 81.5 Å². The zero-order valence-corrected chi connectivity index (χ0v) is 9.13. The molecule has 0 bridgehead atoms. The maximum Gasteiger partial charge on any atom is 0.214 e. The fourth-order valence-electron chi connectivity index (χ4n) is 0.754. The number of primary amides is 1. The summed E-state index contributed by atoms with van der Waals surface area (Å²) in [5.74, 6) is -0.333. The molecule has 0 spiro atoms. The molecule has 2 nitrogen and oxygen atoms in total.